The van der Waals surface area contributed by atoms with Crippen molar-refractivity contribution in [2.45, 2.75) is 6.42 Å². The third-order valence-corrected chi connectivity index (χ3v) is 4.74. The van der Waals surface area contributed by atoms with Crippen LogP contribution in [0.5, 0.6) is 11.5 Å². The molecule has 0 fully saturated rings. The van der Waals surface area contributed by atoms with Gasteiger partial charge in [0, 0.05) is 5.56 Å². The van der Waals surface area contributed by atoms with Gasteiger partial charge in [-0.15, -0.1) is 0 Å². The van der Waals surface area contributed by atoms with Crippen LogP contribution in [0.3, 0.4) is 0 Å². The Kier molecular flexibility index (Phi) is 8.83. The van der Waals surface area contributed by atoms with E-state index >= 15 is 0 Å². The zero-order valence-corrected chi connectivity index (χ0v) is 18.6. The molecule has 31 heavy (non-hydrogen) atoms. The number of nitrogens with zero attached hydrogens (tertiary/aromatic N) is 1. The molecule has 0 N–H and O–H groups in total. The molecule has 160 valence electrons. The molecule has 0 aromatic heterocycles. The monoisotopic (exact) mass is 455 g/mol. The Labute approximate surface area is 192 Å². The number of ether oxygens (including phenoxy) is 2. The van der Waals surface area contributed by atoms with Crippen LogP contribution in [-0.2, 0) is 11.3 Å². The molecule has 0 spiro atoms. The van der Waals surface area contributed by atoms with E-state index < -0.39 is 0 Å². The molecule has 0 aliphatic heterocycles. The van der Waals surface area contributed by atoms with Crippen LogP contribution in [0.15, 0.2) is 94.6 Å². The SMILES string of the molecule is CON=C(COc1ccc(Cc2ccc(OCC=C(Cl)Cl)cc2)cc1)c1ccccc1. The maximum absolute atomic E-state index is 5.90. The van der Waals surface area contributed by atoms with E-state index in [1.54, 1.807) is 6.08 Å². The maximum atomic E-state index is 5.90. The summed E-state index contributed by atoms with van der Waals surface area (Å²) in [6.45, 7) is 0.660. The van der Waals surface area contributed by atoms with E-state index in [4.69, 9.17) is 37.5 Å². The zero-order valence-electron chi connectivity index (χ0n) is 17.1. The van der Waals surface area contributed by atoms with Gasteiger partial charge in [-0.1, -0.05) is 83.0 Å². The minimum atomic E-state index is 0.200. The van der Waals surface area contributed by atoms with Crippen molar-refractivity contribution in [3.63, 3.8) is 0 Å². The van der Waals surface area contributed by atoms with Gasteiger partial charge < -0.3 is 14.3 Å². The molecule has 0 unspecified atom stereocenters. The summed E-state index contributed by atoms with van der Waals surface area (Å²) in [6.07, 6.45) is 2.42. The fourth-order valence-electron chi connectivity index (χ4n) is 2.90. The van der Waals surface area contributed by atoms with Gasteiger partial charge in [-0.05, 0) is 47.9 Å². The number of halogens is 2. The van der Waals surface area contributed by atoms with Crippen molar-refractivity contribution in [3.8, 4) is 11.5 Å². The van der Waals surface area contributed by atoms with E-state index in [2.05, 4.69) is 17.3 Å². The van der Waals surface area contributed by atoms with Crippen LogP contribution in [0.4, 0.5) is 0 Å². The predicted octanol–water partition coefficient (Wildman–Crippen LogP) is 6.40. The molecule has 0 heterocycles. The van der Waals surface area contributed by atoms with E-state index in [-0.39, 0.29) is 4.49 Å². The molecular formula is C25H23Cl2NO3. The highest BCUT2D eigenvalue weighted by atomic mass is 35.5. The first-order chi connectivity index (χ1) is 15.1. The van der Waals surface area contributed by atoms with Crippen molar-refractivity contribution in [1.29, 1.82) is 0 Å². The van der Waals surface area contributed by atoms with Gasteiger partial charge in [-0.25, -0.2) is 0 Å². The summed E-state index contributed by atoms with van der Waals surface area (Å²) < 4.78 is 11.7. The van der Waals surface area contributed by atoms with E-state index in [0.717, 1.165) is 29.2 Å². The number of oxime groups is 1. The number of hydrogen-bond donors (Lipinski definition) is 0. The van der Waals surface area contributed by atoms with Crippen molar-refractivity contribution >= 4 is 28.9 Å². The normalized spacial score (nSPS) is 11.0. The zero-order chi connectivity index (χ0) is 21.9. The third kappa shape index (κ3) is 7.67. The summed E-state index contributed by atoms with van der Waals surface area (Å²) in [4.78, 5) is 4.96. The second-order valence-corrected chi connectivity index (χ2v) is 7.65. The van der Waals surface area contributed by atoms with Crippen LogP contribution in [0, 0.1) is 0 Å². The highest BCUT2D eigenvalue weighted by Gasteiger charge is 2.06. The Hall–Kier alpha value is -2.95. The van der Waals surface area contributed by atoms with Gasteiger partial charge in [-0.2, -0.15) is 0 Å². The summed E-state index contributed by atoms with van der Waals surface area (Å²) >= 11 is 11.1. The average Bonchev–Trinajstić information content (AvgIpc) is 2.79. The van der Waals surface area contributed by atoms with Crippen LogP contribution >= 0.6 is 23.2 Å². The average molecular weight is 456 g/mol. The largest absolute Gasteiger partial charge is 0.489 e. The first-order valence-corrected chi connectivity index (χ1v) is 10.5. The summed E-state index contributed by atoms with van der Waals surface area (Å²) in [7, 11) is 1.53. The van der Waals surface area contributed by atoms with Gasteiger partial charge in [0.1, 0.15) is 42.0 Å². The Morgan fingerprint density at radius 3 is 1.94 bits per heavy atom. The molecule has 0 aliphatic rings. The highest BCUT2D eigenvalue weighted by Crippen LogP contribution is 2.18. The molecule has 0 atom stereocenters. The molecule has 0 saturated carbocycles. The van der Waals surface area contributed by atoms with Gasteiger partial charge in [0.05, 0.1) is 0 Å². The molecule has 4 nitrogen and oxygen atoms in total. The second-order valence-electron chi connectivity index (χ2n) is 6.64. The standard InChI is InChI=1S/C25H23Cl2NO3/c1-29-28-24(21-5-3-2-4-6-21)18-31-23-13-9-20(10-14-23)17-19-7-11-22(12-8-19)30-16-15-25(26)27/h2-15H,16-18H2,1H3. The summed E-state index contributed by atoms with van der Waals surface area (Å²) in [5.41, 5.74) is 4.07. The van der Waals surface area contributed by atoms with E-state index in [9.17, 15) is 0 Å². The van der Waals surface area contributed by atoms with Crippen molar-refractivity contribution in [2.24, 2.45) is 5.16 Å². The fourth-order valence-corrected chi connectivity index (χ4v) is 3.02. The summed E-state index contributed by atoms with van der Waals surface area (Å²) in [5.74, 6) is 1.54. The summed E-state index contributed by atoms with van der Waals surface area (Å²) in [5, 5.41) is 4.08. The molecular weight excluding hydrogens is 433 g/mol. The number of rotatable bonds is 10. The Bertz CT molecular complexity index is 997. The van der Waals surface area contributed by atoms with E-state index in [1.165, 1.54) is 18.2 Å². The lowest BCUT2D eigenvalue weighted by Gasteiger charge is -2.10. The van der Waals surface area contributed by atoms with E-state index in [1.807, 2.05) is 66.7 Å². The van der Waals surface area contributed by atoms with Crippen molar-refractivity contribution in [2.75, 3.05) is 20.3 Å². The number of hydrogen-bond acceptors (Lipinski definition) is 4. The molecule has 0 saturated heterocycles. The van der Waals surface area contributed by atoms with Gasteiger partial charge in [0.2, 0.25) is 0 Å². The minimum absolute atomic E-state index is 0.200. The van der Waals surface area contributed by atoms with Crippen LogP contribution in [0.1, 0.15) is 16.7 Å². The van der Waals surface area contributed by atoms with Crippen LogP contribution in [-0.4, -0.2) is 26.0 Å². The Balaban J connectivity index is 1.54. The predicted molar refractivity (Wildman–Crippen MR) is 126 cm³/mol. The molecule has 3 rings (SSSR count). The molecule has 0 bridgehead atoms. The molecule has 0 amide bonds. The molecule has 3 aromatic rings. The van der Waals surface area contributed by atoms with Gasteiger partial charge in [0.25, 0.3) is 0 Å². The molecule has 3 aromatic carbocycles. The van der Waals surface area contributed by atoms with Gasteiger partial charge in [-0.3, -0.25) is 0 Å². The minimum Gasteiger partial charge on any atom is -0.489 e. The van der Waals surface area contributed by atoms with Gasteiger partial charge in [0.15, 0.2) is 0 Å². The topological polar surface area (TPSA) is 40.0 Å². The second kappa shape index (κ2) is 12.0. The quantitative estimate of drug-likeness (QED) is 0.262. The Morgan fingerprint density at radius 2 is 1.39 bits per heavy atom. The lowest BCUT2D eigenvalue weighted by molar-refractivity contribution is 0.210. The maximum Gasteiger partial charge on any atom is 0.134 e. The fraction of sp³-hybridized carbons (Fsp3) is 0.160. The smallest absolute Gasteiger partial charge is 0.134 e. The summed E-state index contributed by atoms with van der Waals surface area (Å²) in [6, 6.07) is 25.8. The third-order valence-electron chi connectivity index (χ3n) is 4.43. The van der Waals surface area contributed by atoms with E-state index in [0.29, 0.717) is 13.2 Å². The van der Waals surface area contributed by atoms with Crippen LogP contribution < -0.4 is 9.47 Å². The Morgan fingerprint density at radius 1 is 0.806 bits per heavy atom. The first kappa shape index (κ1) is 22.7. The van der Waals surface area contributed by atoms with Crippen molar-refractivity contribution in [3.05, 3.63) is 106 Å². The van der Waals surface area contributed by atoms with Crippen molar-refractivity contribution in [1.82, 2.24) is 0 Å². The van der Waals surface area contributed by atoms with Crippen molar-refractivity contribution < 1.29 is 14.3 Å². The van der Waals surface area contributed by atoms with Crippen LogP contribution in [0.25, 0.3) is 0 Å². The lowest BCUT2D eigenvalue weighted by Crippen LogP contribution is -2.13. The lowest BCUT2D eigenvalue weighted by atomic mass is 10.0. The van der Waals surface area contributed by atoms with Crippen LogP contribution in [0.2, 0.25) is 0 Å². The van der Waals surface area contributed by atoms with Gasteiger partial charge >= 0.3 is 0 Å². The first-order valence-electron chi connectivity index (χ1n) is 9.74. The highest BCUT2D eigenvalue weighted by molar-refractivity contribution is 6.55. The molecule has 0 radical (unpaired) electrons. The molecule has 0 aliphatic carbocycles. The number of benzene rings is 3. The molecule has 6 heteroatoms.